The van der Waals surface area contributed by atoms with Crippen molar-refractivity contribution in [2.75, 3.05) is 14.2 Å². The number of fused-ring (bicyclic) bond motifs is 1. The molecule has 6 nitrogen and oxygen atoms in total. The van der Waals surface area contributed by atoms with Gasteiger partial charge in [0, 0.05) is 6.42 Å². The predicted molar refractivity (Wildman–Crippen MR) is 120 cm³/mol. The first-order valence-corrected chi connectivity index (χ1v) is 10.1. The standard InChI is InChI=1S/C25H23FN2O4/c1-14-17(6-7-22(29)21-12-27-13-28-21)20-11-16(26)4-5-18(20)19(14)8-15-9-23(31-2)25(30)24(10-15)32-3/h4-5,8-13,30H,6-7H2,1-3H3,(H,27,28)/b19-8-. The first kappa shape index (κ1) is 21.4. The van der Waals surface area contributed by atoms with E-state index in [9.17, 15) is 14.3 Å². The van der Waals surface area contributed by atoms with E-state index >= 15 is 0 Å². The predicted octanol–water partition coefficient (Wildman–Crippen LogP) is 5.26. The average Bonchev–Trinajstić information content (AvgIpc) is 3.41. The first-order chi connectivity index (χ1) is 15.4. The number of benzene rings is 2. The van der Waals surface area contributed by atoms with Crippen LogP contribution in [0.1, 0.15) is 46.9 Å². The van der Waals surface area contributed by atoms with E-state index in [2.05, 4.69) is 9.97 Å². The highest BCUT2D eigenvalue weighted by Crippen LogP contribution is 2.45. The summed E-state index contributed by atoms with van der Waals surface area (Å²) in [7, 11) is 2.94. The third-order valence-electron chi connectivity index (χ3n) is 5.67. The van der Waals surface area contributed by atoms with Crippen molar-refractivity contribution in [1.29, 1.82) is 0 Å². The quantitative estimate of drug-likeness (QED) is 0.496. The number of rotatable bonds is 7. The largest absolute Gasteiger partial charge is 0.502 e. The van der Waals surface area contributed by atoms with Gasteiger partial charge in [0.2, 0.25) is 5.75 Å². The topological polar surface area (TPSA) is 84.4 Å². The molecule has 0 spiro atoms. The molecule has 1 aromatic heterocycles. The number of carbonyl (C=O) groups excluding carboxylic acids is 1. The van der Waals surface area contributed by atoms with Crippen molar-refractivity contribution in [1.82, 2.24) is 9.97 Å². The van der Waals surface area contributed by atoms with Crippen molar-refractivity contribution in [3.05, 3.63) is 76.6 Å². The number of imidazole rings is 1. The van der Waals surface area contributed by atoms with Crippen LogP contribution in [0, 0.1) is 5.82 Å². The molecule has 1 heterocycles. The highest BCUT2D eigenvalue weighted by Gasteiger charge is 2.25. The summed E-state index contributed by atoms with van der Waals surface area (Å²) in [6.07, 6.45) is 5.67. The number of nitrogens with zero attached hydrogens (tertiary/aromatic N) is 1. The zero-order chi connectivity index (χ0) is 22.8. The van der Waals surface area contributed by atoms with Gasteiger partial charge in [0.05, 0.1) is 26.7 Å². The third-order valence-corrected chi connectivity index (χ3v) is 5.67. The number of aromatic nitrogens is 2. The molecule has 2 aromatic carbocycles. The Bertz CT molecular complexity index is 1220. The first-order valence-electron chi connectivity index (χ1n) is 10.1. The van der Waals surface area contributed by atoms with Gasteiger partial charge in [-0.15, -0.1) is 0 Å². The second-order valence-electron chi connectivity index (χ2n) is 7.51. The van der Waals surface area contributed by atoms with Crippen LogP contribution in [-0.2, 0) is 0 Å². The summed E-state index contributed by atoms with van der Waals surface area (Å²) in [4.78, 5) is 19.2. The van der Waals surface area contributed by atoms with E-state index in [0.29, 0.717) is 23.6 Å². The van der Waals surface area contributed by atoms with E-state index in [1.165, 1.54) is 38.9 Å². The maximum Gasteiger partial charge on any atom is 0.200 e. The number of ether oxygens (including phenoxy) is 2. The summed E-state index contributed by atoms with van der Waals surface area (Å²) in [6.45, 7) is 1.97. The molecule has 4 rings (SSSR count). The van der Waals surface area contributed by atoms with Gasteiger partial charge in [0.1, 0.15) is 11.5 Å². The van der Waals surface area contributed by atoms with E-state index in [0.717, 1.165) is 33.4 Å². The van der Waals surface area contributed by atoms with Crippen LogP contribution >= 0.6 is 0 Å². The summed E-state index contributed by atoms with van der Waals surface area (Å²) < 4.78 is 24.6. The van der Waals surface area contributed by atoms with Crippen LogP contribution in [-0.4, -0.2) is 35.1 Å². The van der Waals surface area contributed by atoms with Gasteiger partial charge in [0.25, 0.3) is 0 Å². The molecular formula is C25H23FN2O4. The number of ketones is 1. The number of allylic oxidation sites excluding steroid dienone is 3. The summed E-state index contributed by atoms with van der Waals surface area (Å²) in [5, 5.41) is 10.2. The highest BCUT2D eigenvalue weighted by atomic mass is 19.1. The lowest BCUT2D eigenvalue weighted by Gasteiger charge is -2.11. The minimum absolute atomic E-state index is 0.0498. The summed E-state index contributed by atoms with van der Waals surface area (Å²) in [6, 6.07) is 8.10. The maximum absolute atomic E-state index is 14.1. The number of H-pyrrole nitrogens is 1. The van der Waals surface area contributed by atoms with Gasteiger partial charge < -0.3 is 19.6 Å². The molecule has 1 aliphatic carbocycles. The molecule has 0 atom stereocenters. The van der Waals surface area contributed by atoms with Gasteiger partial charge in [0.15, 0.2) is 17.3 Å². The Kier molecular flexibility index (Phi) is 5.81. The van der Waals surface area contributed by atoms with Crippen molar-refractivity contribution in [2.45, 2.75) is 19.8 Å². The summed E-state index contributed by atoms with van der Waals surface area (Å²) >= 11 is 0. The van der Waals surface area contributed by atoms with Gasteiger partial charge in [-0.3, -0.25) is 4.79 Å². The number of carbonyl (C=O) groups is 1. The molecule has 0 aliphatic heterocycles. The fourth-order valence-corrected chi connectivity index (χ4v) is 4.02. The summed E-state index contributed by atoms with van der Waals surface area (Å²) in [5.74, 6) is 0.131. The van der Waals surface area contributed by atoms with Crippen LogP contribution in [0.3, 0.4) is 0 Å². The molecule has 0 radical (unpaired) electrons. The normalized spacial score (nSPS) is 14.1. The maximum atomic E-state index is 14.1. The van der Waals surface area contributed by atoms with Crippen molar-refractivity contribution >= 4 is 23.0 Å². The molecule has 0 saturated carbocycles. The van der Waals surface area contributed by atoms with E-state index in [4.69, 9.17) is 9.47 Å². The molecule has 2 N–H and O–H groups in total. The highest BCUT2D eigenvalue weighted by molar-refractivity contribution is 6.06. The SMILES string of the molecule is COc1cc(/C=C2/C(C)=C(CCC(=O)c3cnc[nH]3)c3cc(F)ccc32)cc(OC)c1O. The van der Waals surface area contributed by atoms with Crippen molar-refractivity contribution in [3.8, 4) is 17.2 Å². The van der Waals surface area contributed by atoms with Gasteiger partial charge >= 0.3 is 0 Å². The Morgan fingerprint density at radius 1 is 1.16 bits per heavy atom. The molecule has 32 heavy (non-hydrogen) atoms. The molecule has 1 aliphatic rings. The number of halogens is 1. The van der Waals surface area contributed by atoms with Crippen LogP contribution in [0.4, 0.5) is 4.39 Å². The average molecular weight is 434 g/mol. The Hall–Kier alpha value is -3.87. The Balaban J connectivity index is 1.75. The number of phenolic OH excluding ortho intramolecular Hbond substituents is 1. The van der Waals surface area contributed by atoms with Crippen LogP contribution < -0.4 is 9.47 Å². The zero-order valence-electron chi connectivity index (χ0n) is 18.0. The number of hydrogen-bond acceptors (Lipinski definition) is 5. The molecule has 3 aromatic rings. The van der Waals surface area contributed by atoms with Crippen LogP contribution in [0.15, 0.2) is 48.4 Å². The molecular weight excluding hydrogens is 411 g/mol. The molecule has 0 saturated heterocycles. The minimum atomic E-state index is -0.330. The fraction of sp³-hybridized carbons (Fsp3) is 0.200. The van der Waals surface area contributed by atoms with Crippen LogP contribution in [0.2, 0.25) is 0 Å². The van der Waals surface area contributed by atoms with E-state index in [-0.39, 0.29) is 23.8 Å². The summed E-state index contributed by atoms with van der Waals surface area (Å²) in [5.41, 5.74) is 5.70. The van der Waals surface area contributed by atoms with Gasteiger partial charge in [-0.2, -0.15) is 0 Å². The number of aromatic amines is 1. The second-order valence-corrected chi connectivity index (χ2v) is 7.51. The second kappa shape index (κ2) is 8.70. The van der Waals surface area contributed by atoms with E-state index in [1.54, 1.807) is 18.2 Å². The molecule has 0 amide bonds. The number of Topliss-reactive ketones (excluding diaryl/α,β-unsaturated/α-hetero) is 1. The smallest absolute Gasteiger partial charge is 0.200 e. The Labute approximate surface area is 185 Å². The Morgan fingerprint density at radius 2 is 1.88 bits per heavy atom. The molecule has 164 valence electrons. The number of nitrogens with one attached hydrogen (secondary N) is 1. The van der Waals surface area contributed by atoms with E-state index < -0.39 is 0 Å². The van der Waals surface area contributed by atoms with E-state index in [1.807, 2.05) is 13.0 Å². The number of hydrogen-bond donors (Lipinski definition) is 2. The van der Waals surface area contributed by atoms with Gasteiger partial charge in [-0.25, -0.2) is 9.37 Å². The van der Waals surface area contributed by atoms with Crippen LogP contribution in [0.5, 0.6) is 17.2 Å². The lowest BCUT2D eigenvalue weighted by molar-refractivity contribution is 0.0980. The molecule has 0 bridgehead atoms. The fourth-order valence-electron chi connectivity index (χ4n) is 4.02. The Morgan fingerprint density at radius 3 is 2.50 bits per heavy atom. The monoisotopic (exact) mass is 434 g/mol. The van der Waals surface area contributed by atoms with Crippen LogP contribution in [0.25, 0.3) is 17.2 Å². The molecule has 0 fully saturated rings. The minimum Gasteiger partial charge on any atom is -0.502 e. The third kappa shape index (κ3) is 3.89. The lowest BCUT2D eigenvalue weighted by atomic mass is 9.99. The van der Waals surface area contributed by atoms with Gasteiger partial charge in [-0.05, 0) is 77.1 Å². The number of aromatic hydroxyl groups is 1. The zero-order valence-corrected chi connectivity index (χ0v) is 18.0. The molecule has 0 unspecified atom stereocenters. The van der Waals surface area contributed by atoms with Crippen molar-refractivity contribution in [3.63, 3.8) is 0 Å². The molecule has 7 heteroatoms. The van der Waals surface area contributed by atoms with Crippen molar-refractivity contribution in [2.24, 2.45) is 0 Å². The number of methoxy groups -OCH3 is 2. The van der Waals surface area contributed by atoms with Crippen molar-refractivity contribution < 1.29 is 23.8 Å². The van der Waals surface area contributed by atoms with Gasteiger partial charge in [-0.1, -0.05) is 6.07 Å². The lowest BCUT2D eigenvalue weighted by Crippen LogP contribution is -2.00. The number of phenols is 1.